The molecule has 0 atom stereocenters. The van der Waals surface area contributed by atoms with Crippen LogP contribution in [0.1, 0.15) is 22.4 Å². The van der Waals surface area contributed by atoms with E-state index in [0.29, 0.717) is 32.7 Å². The smallest absolute Gasteiger partial charge is 0.256 e. The van der Waals surface area contributed by atoms with E-state index >= 15 is 0 Å². The Balaban J connectivity index is 2.18. The molecule has 9 heteroatoms. The molecule has 164 valence electrons. The van der Waals surface area contributed by atoms with Gasteiger partial charge in [0.1, 0.15) is 5.82 Å². The Kier molecular flexibility index (Phi) is 10.0. The molecule has 1 heterocycles. The molecule has 0 aliphatic rings. The number of amides is 2. The van der Waals surface area contributed by atoms with Crippen LogP contribution in [0.15, 0.2) is 35.7 Å². The minimum Gasteiger partial charge on any atom is -0.385 e. The molecule has 2 rings (SSSR count). The van der Waals surface area contributed by atoms with E-state index in [-0.39, 0.29) is 18.3 Å². The second-order valence-electron chi connectivity index (χ2n) is 6.81. The van der Waals surface area contributed by atoms with Gasteiger partial charge in [-0.2, -0.15) is 0 Å². The Labute approximate surface area is 190 Å². The molecular formula is C21H25Cl2FN2O3S. The van der Waals surface area contributed by atoms with Gasteiger partial charge in [-0.15, -0.1) is 11.3 Å². The van der Waals surface area contributed by atoms with E-state index in [0.717, 1.165) is 16.0 Å². The minimum absolute atomic E-state index is 0.149. The number of carbonyl (C=O) groups is 2. The number of nitrogens with zero attached hydrogens (tertiary/aromatic N) is 2. The van der Waals surface area contributed by atoms with Crippen LogP contribution in [-0.2, 0) is 27.4 Å². The van der Waals surface area contributed by atoms with Crippen LogP contribution in [0.3, 0.4) is 0 Å². The lowest BCUT2D eigenvalue weighted by Crippen LogP contribution is -2.44. The van der Waals surface area contributed by atoms with Crippen LogP contribution in [-0.4, -0.2) is 53.3 Å². The van der Waals surface area contributed by atoms with Gasteiger partial charge in [-0.25, -0.2) is 4.39 Å². The largest absolute Gasteiger partial charge is 0.385 e. The highest BCUT2D eigenvalue weighted by atomic mass is 35.5. The first kappa shape index (κ1) is 24.6. The number of hydrogen-bond acceptors (Lipinski definition) is 4. The highest BCUT2D eigenvalue weighted by Crippen LogP contribution is 2.20. The zero-order valence-corrected chi connectivity index (χ0v) is 19.3. The van der Waals surface area contributed by atoms with Gasteiger partial charge in [-0.05, 0) is 48.1 Å². The molecule has 0 unspecified atom stereocenters. The number of hydrogen-bond donors (Lipinski definition) is 0. The van der Waals surface area contributed by atoms with Crippen LogP contribution in [0, 0.1) is 12.7 Å². The van der Waals surface area contributed by atoms with Crippen molar-refractivity contribution in [3.63, 3.8) is 0 Å². The summed E-state index contributed by atoms with van der Waals surface area (Å²) in [5.74, 6) is -1.10. The maximum Gasteiger partial charge on any atom is 0.256 e. The van der Waals surface area contributed by atoms with Crippen LogP contribution in [0.25, 0.3) is 0 Å². The Hall–Kier alpha value is -1.67. The topological polar surface area (TPSA) is 49.9 Å². The van der Waals surface area contributed by atoms with Crippen LogP contribution in [0.4, 0.5) is 4.39 Å². The molecule has 0 aliphatic heterocycles. The maximum absolute atomic E-state index is 13.3. The molecule has 0 spiro atoms. The number of rotatable bonds is 11. The zero-order chi connectivity index (χ0) is 22.1. The van der Waals surface area contributed by atoms with E-state index in [4.69, 9.17) is 27.9 Å². The molecule has 0 radical (unpaired) electrons. The van der Waals surface area contributed by atoms with Crippen molar-refractivity contribution in [3.8, 4) is 0 Å². The summed E-state index contributed by atoms with van der Waals surface area (Å²) in [5, 5.41) is 1.97. The predicted octanol–water partition coefficient (Wildman–Crippen LogP) is 4.39. The fourth-order valence-corrected chi connectivity index (χ4v) is 4.05. The fourth-order valence-electron chi connectivity index (χ4n) is 2.85. The van der Waals surface area contributed by atoms with Crippen molar-refractivity contribution in [3.05, 3.63) is 57.5 Å². The number of halogens is 3. The Bertz CT molecular complexity index is 830. The highest BCUT2D eigenvalue weighted by Gasteiger charge is 2.25. The molecule has 0 saturated carbocycles. The van der Waals surface area contributed by atoms with Crippen molar-refractivity contribution >= 4 is 46.4 Å². The molecule has 1 aromatic carbocycles. The summed E-state index contributed by atoms with van der Waals surface area (Å²) < 4.78 is 18.3. The second kappa shape index (κ2) is 12.2. The molecule has 0 bridgehead atoms. The number of ether oxygens (including phenoxy) is 1. The Morgan fingerprint density at radius 2 is 1.83 bits per heavy atom. The summed E-state index contributed by atoms with van der Waals surface area (Å²) in [6, 6.07) is 8.01. The van der Waals surface area contributed by atoms with Crippen molar-refractivity contribution < 1.29 is 18.7 Å². The highest BCUT2D eigenvalue weighted by molar-refractivity contribution is 7.10. The molecule has 2 aromatic rings. The SMILES string of the molecule is COCCCN(CC(=O)N(Cc1ccc(F)cc1)Cc1sccc1C)C(=O)C(Cl)Cl. The van der Waals surface area contributed by atoms with E-state index < -0.39 is 10.7 Å². The summed E-state index contributed by atoms with van der Waals surface area (Å²) in [7, 11) is 1.57. The number of carbonyl (C=O) groups excluding carboxylic acids is 2. The summed E-state index contributed by atoms with van der Waals surface area (Å²) in [6.07, 6.45) is 0.554. The van der Waals surface area contributed by atoms with Crippen LogP contribution in [0.2, 0.25) is 0 Å². The van der Waals surface area contributed by atoms with Gasteiger partial charge in [-0.1, -0.05) is 35.3 Å². The lowest BCUT2D eigenvalue weighted by molar-refractivity contribution is -0.140. The van der Waals surface area contributed by atoms with Crippen molar-refractivity contribution in [2.24, 2.45) is 0 Å². The van der Waals surface area contributed by atoms with Crippen LogP contribution in [0.5, 0.6) is 0 Å². The van der Waals surface area contributed by atoms with Crippen molar-refractivity contribution in [2.45, 2.75) is 31.3 Å². The van der Waals surface area contributed by atoms with Gasteiger partial charge < -0.3 is 14.5 Å². The summed E-state index contributed by atoms with van der Waals surface area (Å²) in [6.45, 7) is 3.27. The monoisotopic (exact) mass is 474 g/mol. The molecule has 0 fully saturated rings. The van der Waals surface area contributed by atoms with Gasteiger partial charge in [0, 0.05) is 31.7 Å². The molecule has 30 heavy (non-hydrogen) atoms. The average molecular weight is 475 g/mol. The van der Waals surface area contributed by atoms with E-state index in [9.17, 15) is 14.0 Å². The van der Waals surface area contributed by atoms with Crippen molar-refractivity contribution in [1.82, 2.24) is 9.80 Å². The zero-order valence-electron chi connectivity index (χ0n) is 16.9. The van der Waals surface area contributed by atoms with Gasteiger partial charge in [0.15, 0.2) is 4.84 Å². The standard InChI is InChI=1S/C21H25Cl2FN2O3S/c1-15-8-11-30-18(15)13-26(12-16-4-6-17(24)7-5-16)19(27)14-25(9-3-10-29-2)21(28)20(22)23/h4-8,11,20H,3,9-10,12-14H2,1-2H3. The third-order valence-electron chi connectivity index (χ3n) is 4.54. The summed E-state index contributed by atoms with van der Waals surface area (Å²) in [5.41, 5.74) is 1.88. The maximum atomic E-state index is 13.3. The van der Waals surface area contributed by atoms with E-state index in [1.807, 2.05) is 18.4 Å². The molecule has 1 aromatic heterocycles. The van der Waals surface area contributed by atoms with Crippen LogP contribution < -0.4 is 0 Å². The van der Waals surface area contributed by atoms with Gasteiger partial charge in [-0.3, -0.25) is 9.59 Å². The van der Waals surface area contributed by atoms with Crippen molar-refractivity contribution in [2.75, 3.05) is 26.8 Å². The number of aryl methyl sites for hydroxylation is 1. The first-order valence-corrected chi connectivity index (χ1v) is 11.2. The van der Waals surface area contributed by atoms with E-state index in [1.54, 1.807) is 35.5 Å². The normalized spacial score (nSPS) is 11.0. The number of benzene rings is 1. The quantitative estimate of drug-likeness (QED) is 0.358. The third-order valence-corrected chi connectivity index (χ3v) is 5.92. The predicted molar refractivity (Wildman–Crippen MR) is 118 cm³/mol. The Morgan fingerprint density at radius 3 is 2.40 bits per heavy atom. The summed E-state index contributed by atoms with van der Waals surface area (Å²) >= 11 is 13.1. The number of alkyl halides is 2. The average Bonchev–Trinajstić information content (AvgIpc) is 3.12. The molecule has 0 aliphatic carbocycles. The first-order valence-electron chi connectivity index (χ1n) is 9.43. The number of thiophene rings is 1. The van der Waals surface area contributed by atoms with Gasteiger partial charge >= 0.3 is 0 Å². The lowest BCUT2D eigenvalue weighted by Gasteiger charge is -2.28. The first-order chi connectivity index (χ1) is 14.3. The second-order valence-corrected chi connectivity index (χ2v) is 8.91. The molecule has 0 N–H and O–H groups in total. The Morgan fingerprint density at radius 1 is 1.13 bits per heavy atom. The fraction of sp³-hybridized carbons (Fsp3) is 0.429. The molecule has 5 nitrogen and oxygen atoms in total. The van der Waals surface area contributed by atoms with E-state index in [2.05, 4.69) is 0 Å². The molecular weight excluding hydrogens is 450 g/mol. The third kappa shape index (κ3) is 7.54. The minimum atomic E-state index is -1.24. The van der Waals surface area contributed by atoms with Gasteiger partial charge in [0.05, 0.1) is 13.1 Å². The molecule has 0 saturated heterocycles. The van der Waals surface area contributed by atoms with Crippen LogP contribution >= 0.6 is 34.5 Å². The van der Waals surface area contributed by atoms with Crippen molar-refractivity contribution in [1.29, 1.82) is 0 Å². The van der Waals surface area contributed by atoms with Gasteiger partial charge in [0.2, 0.25) is 5.91 Å². The van der Waals surface area contributed by atoms with Gasteiger partial charge in [0.25, 0.3) is 5.91 Å². The van der Waals surface area contributed by atoms with E-state index in [1.165, 1.54) is 17.0 Å². The lowest BCUT2D eigenvalue weighted by atomic mass is 10.2. The number of methoxy groups -OCH3 is 1. The molecule has 2 amide bonds. The summed E-state index contributed by atoms with van der Waals surface area (Å²) in [4.78, 5) is 28.4.